The van der Waals surface area contributed by atoms with Gasteiger partial charge in [-0.25, -0.2) is 0 Å². The Balaban J connectivity index is 3.83. The van der Waals surface area contributed by atoms with Crippen LogP contribution in [0.4, 0.5) is 13.2 Å². The maximum absolute atomic E-state index is 12.0. The molecule has 0 saturated carbocycles. The van der Waals surface area contributed by atoms with Gasteiger partial charge in [-0.05, 0) is 52.2 Å². The maximum atomic E-state index is 12.0. The summed E-state index contributed by atoms with van der Waals surface area (Å²) in [5.41, 5.74) is 0. The van der Waals surface area contributed by atoms with Gasteiger partial charge in [-0.1, -0.05) is 13.8 Å². The first-order valence-electron chi connectivity index (χ1n) is 8.58. The highest BCUT2D eigenvalue weighted by Gasteiger charge is 2.25. The summed E-state index contributed by atoms with van der Waals surface area (Å²) in [7, 11) is 1.67. The van der Waals surface area contributed by atoms with Gasteiger partial charge >= 0.3 is 6.18 Å². The summed E-state index contributed by atoms with van der Waals surface area (Å²) < 4.78 is 36.1. The van der Waals surface area contributed by atoms with E-state index >= 15 is 0 Å². The van der Waals surface area contributed by atoms with Crippen molar-refractivity contribution in [2.24, 2.45) is 4.99 Å². The molecule has 23 heavy (non-hydrogen) atoms. The van der Waals surface area contributed by atoms with E-state index in [1.54, 1.807) is 7.05 Å². The number of halogens is 3. The molecule has 7 heteroatoms. The third-order valence-electron chi connectivity index (χ3n) is 3.79. The van der Waals surface area contributed by atoms with Gasteiger partial charge in [-0.2, -0.15) is 13.2 Å². The lowest BCUT2D eigenvalue weighted by molar-refractivity contribution is -0.135. The lowest BCUT2D eigenvalue weighted by Crippen LogP contribution is -2.42. The molecule has 0 rings (SSSR count). The van der Waals surface area contributed by atoms with Gasteiger partial charge in [-0.3, -0.25) is 4.99 Å². The van der Waals surface area contributed by atoms with Crippen molar-refractivity contribution in [3.8, 4) is 0 Å². The van der Waals surface area contributed by atoms with Crippen molar-refractivity contribution in [1.82, 2.24) is 15.5 Å². The van der Waals surface area contributed by atoms with Crippen LogP contribution in [-0.4, -0.2) is 56.3 Å². The normalized spacial score (nSPS) is 14.2. The first-order valence-corrected chi connectivity index (χ1v) is 8.58. The molecule has 0 aromatic rings. The summed E-state index contributed by atoms with van der Waals surface area (Å²) in [6.07, 6.45) is -2.01. The molecule has 138 valence electrons. The first-order chi connectivity index (χ1) is 10.8. The molecule has 0 fully saturated rings. The molecular formula is C16H33F3N4. The largest absolute Gasteiger partial charge is 0.389 e. The topological polar surface area (TPSA) is 39.7 Å². The quantitative estimate of drug-likeness (QED) is 0.345. The number of alkyl halides is 3. The lowest BCUT2D eigenvalue weighted by Gasteiger charge is -2.21. The van der Waals surface area contributed by atoms with Crippen LogP contribution in [0.1, 0.15) is 52.9 Å². The SMILES string of the molecule is CCN(CC)CCCC(C)NC(=NC)NCCCCC(F)(F)F. The summed E-state index contributed by atoms with van der Waals surface area (Å²) in [6, 6.07) is 0.284. The van der Waals surface area contributed by atoms with E-state index in [-0.39, 0.29) is 12.5 Å². The van der Waals surface area contributed by atoms with Crippen LogP contribution in [0.2, 0.25) is 0 Å². The van der Waals surface area contributed by atoms with Gasteiger partial charge in [0.1, 0.15) is 0 Å². The molecule has 0 bridgehead atoms. The van der Waals surface area contributed by atoms with Crippen LogP contribution in [0.3, 0.4) is 0 Å². The number of hydrogen-bond donors (Lipinski definition) is 2. The minimum absolute atomic E-state index is 0.146. The van der Waals surface area contributed by atoms with Gasteiger partial charge in [0.15, 0.2) is 5.96 Å². The fourth-order valence-corrected chi connectivity index (χ4v) is 2.32. The molecule has 0 spiro atoms. The number of nitrogens with zero attached hydrogens (tertiary/aromatic N) is 2. The fourth-order valence-electron chi connectivity index (χ4n) is 2.32. The average molecular weight is 338 g/mol. The molecule has 0 heterocycles. The van der Waals surface area contributed by atoms with Crippen LogP contribution < -0.4 is 10.6 Å². The second-order valence-electron chi connectivity index (χ2n) is 5.79. The van der Waals surface area contributed by atoms with Crippen molar-refractivity contribution in [2.75, 3.05) is 33.2 Å². The molecule has 0 amide bonds. The molecule has 0 aliphatic rings. The predicted octanol–water partition coefficient (Wildman–Crippen LogP) is 3.39. The van der Waals surface area contributed by atoms with Gasteiger partial charge in [0.25, 0.3) is 0 Å². The summed E-state index contributed by atoms with van der Waals surface area (Å²) in [6.45, 7) is 10.1. The van der Waals surface area contributed by atoms with Crippen molar-refractivity contribution in [1.29, 1.82) is 0 Å². The number of nitrogens with one attached hydrogen (secondary N) is 2. The van der Waals surface area contributed by atoms with E-state index in [0.29, 0.717) is 18.9 Å². The van der Waals surface area contributed by atoms with Crippen LogP contribution >= 0.6 is 0 Å². The van der Waals surface area contributed by atoms with Gasteiger partial charge in [0, 0.05) is 26.1 Å². The van der Waals surface area contributed by atoms with Crippen LogP contribution in [0.5, 0.6) is 0 Å². The van der Waals surface area contributed by atoms with Gasteiger partial charge in [-0.15, -0.1) is 0 Å². The van der Waals surface area contributed by atoms with Gasteiger partial charge in [0.05, 0.1) is 0 Å². The molecule has 1 unspecified atom stereocenters. The standard InChI is InChI=1S/C16H33F3N4/c1-5-23(6-2)13-9-10-14(3)22-15(20-4)21-12-8-7-11-16(17,18)19/h14H,5-13H2,1-4H3,(H2,20,21,22). The number of guanidine groups is 1. The van der Waals surface area contributed by atoms with Crippen molar-refractivity contribution < 1.29 is 13.2 Å². The minimum atomic E-state index is -4.06. The van der Waals surface area contributed by atoms with Crippen molar-refractivity contribution in [2.45, 2.75) is 65.1 Å². The number of rotatable bonds is 11. The van der Waals surface area contributed by atoms with Crippen LogP contribution in [0.15, 0.2) is 4.99 Å². The zero-order valence-electron chi connectivity index (χ0n) is 15.0. The van der Waals surface area contributed by atoms with E-state index in [9.17, 15) is 13.2 Å². The molecule has 0 aliphatic carbocycles. The zero-order valence-corrected chi connectivity index (χ0v) is 15.0. The summed E-state index contributed by atoms with van der Waals surface area (Å²) >= 11 is 0. The lowest BCUT2D eigenvalue weighted by atomic mass is 10.2. The van der Waals surface area contributed by atoms with E-state index < -0.39 is 12.6 Å². The molecule has 4 nitrogen and oxygen atoms in total. The summed E-state index contributed by atoms with van der Waals surface area (Å²) in [5.74, 6) is 0.660. The minimum Gasteiger partial charge on any atom is -0.356 e. The van der Waals surface area contributed by atoms with Gasteiger partial charge < -0.3 is 15.5 Å². The Morgan fingerprint density at radius 1 is 1.13 bits per heavy atom. The third kappa shape index (κ3) is 13.2. The number of unbranched alkanes of at least 4 members (excludes halogenated alkanes) is 1. The smallest absolute Gasteiger partial charge is 0.356 e. The first kappa shape index (κ1) is 22.0. The highest BCUT2D eigenvalue weighted by molar-refractivity contribution is 5.79. The number of aliphatic imine (C=N–C) groups is 1. The highest BCUT2D eigenvalue weighted by Crippen LogP contribution is 2.21. The zero-order chi connectivity index (χ0) is 17.7. The fraction of sp³-hybridized carbons (Fsp3) is 0.938. The Morgan fingerprint density at radius 3 is 2.30 bits per heavy atom. The second kappa shape index (κ2) is 12.4. The molecule has 0 saturated heterocycles. The molecule has 0 aromatic heterocycles. The van der Waals surface area contributed by atoms with Crippen LogP contribution in [0, 0.1) is 0 Å². The summed E-state index contributed by atoms with van der Waals surface area (Å²) in [4.78, 5) is 6.50. The Labute approximate surface area is 138 Å². The predicted molar refractivity (Wildman–Crippen MR) is 90.9 cm³/mol. The Kier molecular flexibility index (Phi) is 11.9. The number of hydrogen-bond acceptors (Lipinski definition) is 2. The molecule has 0 aromatic carbocycles. The maximum Gasteiger partial charge on any atom is 0.389 e. The molecular weight excluding hydrogens is 305 g/mol. The molecule has 0 radical (unpaired) electrons. The van der Waals surface area contributed by atoms with Gasteiger partial charge in [0.2, 0.25) is 0 Å². The molecule has 2 N–H and O–H groups in total. The van der Waals surface area contributed by atoms with E-state index in [1.807, 2.05) is 0 Å². The third-order valence-corrected chi connectivity index (χ3v) is 3.79. The monoisotopic (exact) mass is 338 g/mol. The Morgan fingerprint density at radius 2 is 1.78 bits per heavy atom. The average Bonchev–Trinajstić information content (AvgIpc) is 2.49. The van der Waals surface area contributed by atoms with E-state index in [1.165, 1.54) is 0 Å². The van der Waals surface area contributed by atoms with Crippen molar-refractivity contribution in [3.63, 3.8) is 0 Å². The highest BCUT2D eigenvalue weighted by atomic mass is 19.4. The summed E-state index contributed by atoms with van der Waals surface area (Å²) in [5, 5.41) is 6.35. The van der Waals surface area contributed by atoms with Crippen LogP contribution in [-0.2, 0) is 0 Å². The van der Waals surface area contributed by atoms with E-state index in [0.717, 1.165) is 32.5 Å². The molecule has 1 atom stereocenters. The Bertz CT molecular complexity index is 315. The van der Waals surface area contributed by atoms with Crippen molar-refractivity contribution >= 4 is 5.96 Å². The second-order valence-corrected chi connectivity index (χ2v) is 5.79. The van der Waals surface area contributed by atoms with Crippen LogP contribution in [0.25, 0.3) is 0 Å². The Hall–Kier alpha value is -0.980. The van der Waals surface area contributed by atoms with E-state index in [4.69, 9.17) is 0 Å². The van der Waals surface area contributed by atoms with Crippen molar-refractivity contribution in [3.05, 3.63) is 0 Å². The molecule has 0 aliphatic heterocycles. The van der Waals surface area contributed by atoms with E-state index in [2.05, 4.69) is 41.3 Å².